The van der Waals surface area contributed by atoms with E-state index in [4.69, 9.17) is 19.6 Å². The summed E-state index contributed by atoms with van der Waals surface area (Å²) in [4.78, 5) is 6.70. The average Bonchev–Trinajstić information content (AvgIpc) is 2.95. The van der Waals surface area contributed by atoms with Gasteiger partial charge >= 0.3 is 0 Å². The highest BCUT2D eigenvalue weighted by molar-refractivity contribution is 5.56. The number of halogens is 1. The second-order valence-corrected chi connectivity index (χ2v) is 5.83. The number of ether oxygens (including phenoxy) is 2. The average molecular weight is 335 g/mol. The summed E-state index contributed by atoms with van der Waals surface area (Å²) in [5.74, 6) is 1.01. The summed E-state index contributed by atoms with van der Waals surface area (Å²) in [7, 11) is 1.50. The van der Waals surface area contributed by atoms with Crippen LogP contribution >= 0.6 is 0 Å². The third kappa shape index (κ3) is 3.58. The van der Waals surface area contributed by atoms with Crippen LogP contribution < -0.4 is 10.5 Å². The Morgan fingerprint density at radius 1 is 1.46 bits per heavy atom. The van der Waals surface area contributed by atoms with Crippen LogP contribution in [0.2, 0.25) is 0 Å². The predicted octanol–water partition coefficient (Wildman–Crippen LogP) is 1.96. The molecule has 7 heteroatoms. The van der Waals surface area contributed by atoms with Crippen molar-refractivity contribution < 1.29 is 18.3 Å². The molecule has 0 aliphatic carbocycles. The molecule has 1 aromatic heterocycles. The number of oxazole rings is 1. The van der Waals surface area contributed by atoms with Gasteiger partial charge in [0.15, 0.2) is 0 Å². The molecular weight excluding hydrogens is 313 g/mol. The van der Waals surface area contributed by atoms with E-state index in [0.29, 0.717) is 36.8 Å². The molecule has 2 aromatic rings. The molecule has 1 aromatic carbocycles. The molecule has 1 atom stereocenters. The second kappa shape index (κ2) is 7.29. The van der Waals surface area contributed by atoms with Gasteiger partial charge in [-0.15, -0.1) is 0 Å². The SMILES string of the molecule is COc1ccc(-c2nc(CN3CCOC(CN)C3)c(C)o2)c(F)c1. The molecule has 0 amide bonds. The number of methoxy groups -OCH3 is 1. The Morgan fingerprint density at radius 3 is 3.00 bits per heavy atom. The van der Waals surface area contributed by atoms with E-state index in [0.717, 1.165) is 18.8 Å². The molecule has 1 fully saturated rings. The van der Waals surface area contributed by atoms with Gasteiger partial charge in [0, 0.05) is 32.2 Å². The van der Waals surface area contributed by atoms with Gasteiger partial charge < -0.3 is 19.6 Å². The normalized spacial score (nSPS) is 18.8. The molecule has 0 saturated carbocycles. The predicted molar refractivity (Wildman–Crippen MR) is 87.3 cm³/mol. The highest BCUT2D eigenvalue weighted by Crippen LogP contribution is 2.27. The van der Waals surface area contributed by atoms with Crippen molar-refractivity contribution in [3.05, 3.63) is 35.5 Å². The van der Waals surface area contributed by atoms with E-state index in [1.165, 1.54) is 13.2 Å². The van der Waals surface area contributed by atoms with Crippen LogP contribution in [0.15, 0.2) is 22.6 Å². The van der Waals surface area contributed by atoms with Crippen LogP contribution in [0.3, 0.4) is 0 Å². The molecule has 2 N–H and O–H groups in total. The van der Waals surface area contributed by atoms with Crippen LogP contribution in [-0.2, 0) is 11.3 Å². The van der Waals surface area contributed by atoms with Gasteiger partial charge in [0.05, 0.1) is 31.1 Å². The van der Waals surface area contributed by atoms with Crippen molar-refractivity contribution in [1.82, 2.24) is 9.88 Å². The highest BCUT2D eigenvalue weighted by atomic mass is 19.1. The summed E-state index contributed by atoms with van der Waals surface area (Å²) in [5.41, 5.74) is 6.80. The third-order valence-corrected chi connectivity index (χ3v) is 4.16. The number of hydrogen-bond donors (Lipinski definition) is 1. The van der Waals surface area contributed by atoms with Gasteiger partial charge in [-0.2, -0.15) is 0 Å². The monoisotopic (exact) mass is 335 g/mol. The number of nitrogens with two attached hydrogens (primary N) is 1. The second-order valence-electron chi connectivity index (χ2n) is 5.83. The Kier molecular flexibility index (Phi) is 5.13. The summed E-state index contributed by atoms with van der Waals surface area (Å²) in [6.07, 6.45) is 0.0458. The first-order valence-corrected chi connectivity index (χ1v) is 7.95. The molecule has 1 aliphatic heterocycles. The Morgan fingerprint density at radius 2 is 2.29 bits per heavy atom. The van der Waals surface area contributed by atoms with Gasteiger partial charge in [0.2, 0.25) is 5.89 Å². The maximum absolute atomic E-state index is 14.2. The quantitative estimate of drug-likeness (QED) is 0.900. The minimum Gasteiger partial charge on any atom is -0.497 e. The lowest BCUT2D eigenvalue weighted by Crippen LogP contribution is -2.45. The minimum atomic E-state index is -0.420. The Balaban J connectivity index is 1.78. The van der Waals surface area contributed by atoms with Crippen LogP contribution in [0.5, 0.6) is 5.75 Å². The minimum absolute atomic E-state index is 0.0458. The number of aryl methyl sites for hydroxylation is 1. The molecule has 1 unspecified atom stereocenters. The number of aromatic nitrogens is 1. The van der Waals surface area contributed by atoms with Crippen molar-refractivity contribution in [3.8, 4) is 17.2 Å². The Bertz CT molecular complexity index is 704. The molecule has 2 heterocycles. The lowest BCUT2D eigenvalue weighted by Gasteiger charge is -2.31. The van der Waals surface area contributed by atoms with Crippen LogP contribution in [0.1, 0.15) is 11.5 Å². The number of nitrogens with zero attached hydrogens (tertiary/aromatic N) is 2. The summed E-state index contributed by atoms with van der Waals surface area (Å²) >= 11 is 0. The van der Waals surface area contributed by atoms with Gasteiger partial charge in [-0.05, 0) is 19.1 Å². The Labute approximate surface area is 140 Å². The topological polar surface area (TPSA) is 73.8 Å². The zero-order valence-electron chi connectivity index (χ0n) is 13.9. The maximum atomic E-state index is 14.2. The lowest BCUT2D eigenvalue weighted by molar-refractivity contribution is -0.0264. The summed E-state index contributed by atoms with van der Waals surface area (Å²) in [6.45, 7) is 5.19. The van der Waals surface area contributed by atoms with Crippen molar-refractivity contribution in [2.24, 2.45) is 5.73 Å². The number of rotatable bonds is 5. The molecule has 1 saturated heterocycles. The highest BCUT2D eigenvalue weighted by Gasteiger charge is 2.22. The lowest BCUT2D eigenvalue weighted by atomic mass is 10.2. The fraction of sp³-hybridized carbons (Fsp3) is 0.471. The molecule has 0 spiro atoms. The van der Waals surface area contributed by atoms with Crippen molar-refractivity contribution in [3.63, 3.8) is 0 Å². The summed E-state index contributed by atoms with van der Waals surface area (Å²) in [5, 5.41) is 0. The maximum Gasteiger partial charge on any atom is 0.229 e. The van der Waals surface area contributed by atoms with E-state index < -0.39 is 5.82 Å². The zero-order valence-corrected chi connectivity index (χ0v) is 13.9. The van der Waals surface area contributed by atoms with E-state index in [-0.39, 0.29) is 12.0 Å². The van der Waals surface area contributed by atoms with Crippen molar-refractivity contribution in [2.45, 2.75) is 19.6 Å². The van der Waals surface area contributed by atoms with E-state index in [2.05, 4.69) is 9.88 Å². The standard InChI is InChI=1S/C17H22FN3O3/c1-11-16(10-21-5-6-23-13(8-19)9-21)20-17(24-11)14-4-3-12(22-2)7-15(14)18/h3-4,7,13H,5-6,8-10,19H2,1-2H3. The number of benzene rings is 1. The largest absolute Gasteiger partial charge is 0.497 e. The van der Waals surface area contributed by atoms with Gasteiger partial charge in [-0.1, -0.05) is 0 Å². The molecule has 6 nitrogen and oxygen atoms in total. The first-order chi connectivity index (χ1) is 11.6. The first-order valence-electron chi connectivity index (χ1n) is 7.95. The molecule has 24 heavy (non-hydrogen) atoms. The van der Waals surface area contributed by atoms with Gasteiger partial charge in [0.1, 0.15) is 17.3 Å². The van der Waals surface area contributed by atoms with Crippen molar-refractivity contribution in [1.29, 1.82) is 0 Å². The van der Waals surface area contributed by atoms with E-state index >= 15 is 0 Å². The van der Waals surface area contributed by atoms with Crippen molar-refractivity contribution >= 4 is 0 Å². The van der Waals surface area contributed by atoms with Crippen LogP contribution in [0.4, 0.5) is 4.39 Å². The van der Waals surface area contributed by atoms with E-state index in [9.17, 15) is 4.39 Å². The molecule has 0 radical (unpaired) electrons. The van der Waals surface area contributed by atoms with Crippen LogP contribution in [0, 0.1) is 12.7 Å². The summed E-state index contributed by atoms with van der Waals surface area (Å²) < 4.78 is 30.5. The smallest absolute Gasteiger partial charge is 0.229 e. The van der Waals surface area contributed by atoms with Gasteiger partial charge in [-0.25, -0.2) is 9.37 Å². The molecule has 1 aliphatic rings. The molecular formula is C17H22FN3O3. The van der Waals surface area contributed by atoms with E-state index in [1.54, 1.807) is 12.1 Å². The fourth-order valence-corrected chi connectivity index (χ4v) is 2.76. The zero-order chi connectivity index (χ0) is 17.1. The Hall–Kier alpha value is -1.96. The third-order valence-electron chi connectivity index (χ3n) is 4.16. The summed E-state index contributed by atoms with van der Waals surface area (Å²) in [6, 6.07) is 4.62. The first kappa shape index (κ1) is 16.9. The molecule has 130 valence electrons. The van der Waals surface area contributed by atoms with Crippen molar-refractivity contribution in [2.75, 3.05) is 33.4 Å². The van der Waals surface area contributed by atoms with Gasteiger partial charge in [0.25, 0.3) is 0 Å². The molecule has 0 bridgehead atoms. The van der Waals surface area contributed by atoms with Crippen LogP contribution in [-0.4, -0.2) is 49.3 Å². The number of morpholine rings is 1. The fourth-order valence-electron chi connectivity index (χ4n) is 2.76. The number of hydrogen-bond acceptors (Lipinski definition) is 6. The van der Waals surface area contributed by atoms with Crippen LogP contribution in [0.25, 0.3) is 11.5 Å². The molecule has 3 rings (SSSR count). The van der Waals surface area contributed by atoms with E-state index in [1.807, 2.05) is 6.92 Å². The van der Waals surface area contributed by atoms with Gasteiger partial charge in [-0.3, -0.25) is 4.90 Å².